The number of sulfonamides is 1. The number of hydrogen-bond donors (Lipinski definition) is 1. The van der Waals surface area contributed by atoms with Gasteiger partial charge in [-0.25, -0.2) is 8.42 Å². The Hall–Kier alpha value is -2.91. The van der Waals surface area contributed by atoms with Crippen LogP contribution in [0.4, 0.5) is 13.2 Å². The van der Waals surface area contributed by atoms with E-state index in [4.69, 9.17) is 0 Å². The number of fused-ring (bicyclic) bond motifs is 1. The van der Waals surface area contributed by atoms with Crippen LogP contribution in [0.2, 0.25) is 0 Å². The van der Waals surface area contributed by atoms with Crippen LogP contribution >= 0.6 is 0 Å². The van der Waals surface area contributed by atoms with Crippen LogP contribution in [0.3, 0.4) is 0 Å². The maximum absolute atomic E-state index is 13.0. The highest BCUT2D eigenvalue weighted by atomic mass is 32.2. The highest BCUT2D eigenvalue weighted by molar-refractivity contribution is 7.89. The third kappa shape index (κ3) is 5.10. The van der Waals surface area contributed by atoms with E-state index in [-0.39, 0.29) is 31.0 Å². The Balaban J connectivity index is 1.38. The molecule has 1 fully saturated rings. The predicted molar refractivity (Wildman–Crippen MR) is 123 cm³/mol. The van der Waals surface area contributed by atoms with Crippen molar-refractivity contribution in [2.45, 2.75) is 36.9 Å². The van der Waals surface area contributed by atoms with E-state index in [1.807, 2.05) is 49.4 Å². The molecule has 5 nitrogen and oxygen atoms in total. The molecule has 9 heteroatoms. The van der Waals surface area contributed by atoms with Crippen molar-refractivity contribution >= 4 is 26.7 Å². The average molecular weight is 491 g/mol. The predicted octanol–water partition coefficient (Wildman–Crippen LogP) is 5.14. The third-order valence-electron chi connectivity index (χ3n) is 6.26. The maximum Gasteiger partial charge on any atom is 0.416 e. The van der Waals surface area contributed by atoms with Gasteiger partial charge in [-0.2, -0.15) is 17.5 Å². The summed E-state index contributed by atoms with van der Waals surface area (Å²) in [5, 5.41) is 5.20. The minimum Gasteiger partial charge on any atom is -0.349 e. The number of alkyl halides is 3. The lowest BCUT2D eigenvalue weighted by Gasteiger charge is -2.31. The number of nitrogens with one attached hydrogen (secondary N) is 1. The number of nitrogens with zero attached hydrogens (tertiary/aromatic N) is 1. The normalized spacial score (nSPS) is 16.9. The summed E-state index contributed by atoms with van der Waals surface area (Å²) in [5.41, 5.74) is -0.0397. The molecular formula is C25H25F3N2O3S. The molecule has 1 saturated heterocycles. The highest BCUT2D eigenvalue weighted by Gasteiger charge is 2.35. The first kappa shape index (κ1) is 24.2. The summed E-state index contributed by atoms with van der Waals surface area (Å²) in [5.74, 6) is -0.521. The van der Waals surface area contributed by atoms with Gasteiger partial charge in [0.15, 0.2) is 0 Å². The van der Waals surface area contributed by atoms with Crippen molar-refractivity contribution in [2.24, 2.45) is 5.92 Å². The fraction of sp³-hybridized carbons (Fsp3) is 0.320. The summed E-state index contributed by atoms with van der Waals surface area (Å²) in [6.45, 7) is 2.04. The van der Waals surface area contributed by atoms with Crippen molar-refractivity contribution in [1.29, 1.82) is 0 Å². The lowest BCUT2D eigenvalue weighted by molar-refractivity contribution is -0.137. The van der Waals surface area contributed by atoms with E-state index in [1.165, 1.54) is 0 Å². The van der Waals surface area contributed by atoms with Gasteiger partial charge < -0.3 is 5.32 Å². The van der Waals surface area contributed by atoms with Gasteiger partial charge in [0.05, 0.1) is 16.5 Å². The number of amides is 1. The first-order valence-electron chi connectivity index (χ1n) is 11.0. The summed E-state index contributed by atoms with van der Waals surface area (Å²) < 4.78 is 65.9. The van der Waals surface area contributed by atoms with E-state index in [9.17, 15) is 26.4 Å². The van der Waals surface area contributed by atoms with Crippen LogP contribution in [-0.4, -0.2) is 31.7 Å². The van der Waals surface area contributed by atoms with Gasteiger partial charge in [0.2, 0.25) is 15.9 Å². The SMILES string of the molecule is C[C@@H](NC(=O)C1CCN(S(=O)(=O)c2cccc(C(F)(F)F)c2)CC1)c1ccc2ccccc2c1. The number of benzene rings is 3. The quantitative estimate of drug-likeness (QED) is 0.539. The molecule has 1 aliphatic heterocycles. The van der Waals surface area contributed by atoms with Crippen molar-refractivity contribution in [2.75, 3.05) is 13.1 Å². The molecule has 0 unspecified atom stereocenters. The van der Waals surface area contributed by atoms with Gasteiger partial charge in [-0.15, -0.1) is 0 Å². The zero-order valence-corrected chi connectivity index (χ0v) is 19.4. The van der Waals surface area contributed by atoms with Crippen LogP contribution in [0.15, 0.2) is 71.6 Å². The summed E-state index contributed by atoms with van der Waals surface area (Å²) in [6, 6.07) is 17.5. The lowest BCUT2D eigenvalue weighted by Crippen LogP contribution is -2.43. The highest BCUT2D eigenvalue weighted by Crippen LogP contribution is 2.32. The minimum absolute atomic E-state index is 0.0705. The zero-order valence-electron chi connectivity index (χ0n) is 18.5. The molecule has 34 heavy (non-hydrogen) atoms. The Bertz CT molecular complexity index is 1300. The number of rotatable bonds is 5. The Morgan fingerprint density at radius 1 is 0.971 bits per heavy atom. The second-order valence-electron chi connectivity index (χ2n) is 8.54. The average Bonchev–Trinajstić information content (AvgIpc) is 2.83. The van der Waals surface area contributed by atoms with Gasteiger partial charge in [-0.3, -0.25) is 4.79 Å². The largest absolute Gasteiger partial charge is 0.416 e. The topological polar surface area (TPSA) is 66.5 Å². The summed E-state index contributed by atoms with van der Waals surface area (Å²) in [7, 11) is -4.08. The number of piperidine rings is 1. The van der Waals surface area contributed by atoms with Crippen LogP contribution < -0.4 is 5.32 Å². The Labute approximate surface area is 196 Å². The van der Waals surface area contributed by atoms with Crippen molar-refractivity contribution < 1.29 is 26.4 Å². The second kappa shape index (κ2) is 9.38. The summed E-state index contributed by atoms with van der Waals surface area (Å²) in [6.07, 6.45) is -4.03. The van der Waals surface area contributed by atoms with Crippen LogP contribution in [-0.2, 0) is 21.0 Å². The molecule has 1 amide bonds. The van der Waals surface area contributed by atoms with E-state index in [0.29, 0.717) is 18.9 Å². The summed E-state index contributed by atoms with van der Waals surface area (Å²) >= 11 is 0. The molecule has 0 aromatic heterocycles. The Kier molecular flexibility index (Phi) is 6.69. The van der Waals surface area contributed by atoms with Crippen molar-refractivity contribution in [3.63, 3.8) is 0 Å². The smallest absolute Gasteiger partial charge is 0.349 e. The molecule has 3 aromatic carbocycles. The van der Waals surface area contributed by atoms with Gasteiger partial charge in [0.1, 0.15) is 0 Å². The third-order valence-corrected chi connectivity index (χ3v) is 8.15. The van der Waals surface area contributed by atoms with Crippen molar-refractivity contribution in [3.8, 4) is 0 Å². The van der Waals surface area contributed by atoms with E-state index in [2.05, 4.69) is 5.32 Å². The van der Waals surface area contributed by atoms with E-state index >= 15 is 0 Å². The molecule has 0 aliphatic carbocycles. The fourth-order valence-corrected chi connectivity index (χ4v) is 5.75. The van der Waals surface area contributed by atoms with Gasteiger partial charge in [0.25, 0.3) is 0 Å². The van der Waals surface area contributed by atoms with Crippen molar-refractivity contribution in [3.05, 3.63) is 77.9 Å². The van der Waals surface area contributed by atoms with Crippen LogP contribution in [0, 0.1) is 5.92 Å². The number of carbonyl (C=O) groups is 1. The molecule has 1 atom stereocenters. The molecule has 0 spiro atoms. The monoisotopic (exact) mass is 490 g/mol. The summed E-state index contributed by atoms with van der Waals surface area (Å²) in [4.78, 5) is 12.4. The molecule has 0 bridgehead atoms. The maximum atomic E-state index is 13.0. The van der Waals surface area contributed by atoms with Gasteiger partial charge >= 0.3 is 6.18 Å². The Morgan fingerprint density at radius 2 is 1.65 bits per heavy atom. The fourth-order valence-electron chi connectivity index (χ4n) is 4.23. The minimum atomic E-state index is -4.63. The molecule has 4 rings (SSSR count). The first-order chi connectivity index (χ1) is 16.1. The van der Waals surface area contributed by atoms with Crippen LogP contribution in [0.5, 0.6) is 0 Å². The molecule has 0 saturated carbocycles. The number of carbonyl (C=O) groups excluding carboxylic acids is 1. The second-order valence-corrected chi connectivity index (χ2v) is 10.5. The van der Waals surface area contributed by atoms with E-state index in [0.717, 1.165) is 38.8 Å². The van der Waals surface area contributed by atoms with E-state index < -0.39 is 26.7 Å². The molecule has 1 aliphatic rings. The van der Waals surface area contributed by atoms with Gasteiger partial charge in [-0.05, 0) is 60.4 Å². The Morgan fingerprint density at radius 3 is 2.32 bits per heavy atom. The van der Waals surface area contributed by atoms with Gasteiger partial charge in [-0.1, -0.05) is 42.5 Å². The van der Waals surface area contributed by atoms with Gasteiger partial charge in [0, 0.05) is 19.0 Å². The molecule has 3 aromatic rings. The first-order valence-corrected chi connectivity index (χ1v) is 12.5. The molecular weight excluding hydrogens is 465 g/mol. The van der Waals surface area contributed by atoms with Crippen molar-refractivity contribution in [1.82, 2.24) is 9.62 Å². The lowest BCUT2D eigenvalue weighted by atomic mass is 9.96. The van der Waals surface area contributed by atoms with E-state index in [1.54, 1.807) is 0 Å². The van der Waals surface area contributed by atoms with Crippen LogP contribution in [0.25, 0.3) is 10.8 Å². The standard InChI is InChI=1S/C25H25F3N2O3S/c1-17(20-10-9-18-5-2-3-6-21(18)15-20)29-24(31)19-11-13-30(14-12-19)34(32,33)23-8-4-7-22(16-23)25(26,27)28/h2-10,15-17,19H,11-14H2,1H3,(H,29,31)/t17-/m1/s1. The molecule has 1 N–H and O–H groups in total. The molecule has 1 heterocycles. The molecule has 0 radical (unpaired) electrons. The number of hydrogen-bond acceptors (Lipinski definition) is 3. The number of halogens is 3. The van der Waals surface area contributed by atoms with Crippen LogP contribution in [0.1, 0.15) is 36.9 Å². The molecule has 180 valence electrons. The zero-order chi connectivity index (χ0) is 24.5.